The number of aryl methyl sites for hydroxylation is 1. The molecule has 4 rings (SSSR count). The highest BCUT2D eigenvalue weighted by atomic mass is 32.2. The standard InChI is InChI=1S/C32H39N3O5S/c1-24-17-19-26(20-18-24)22-34(25(2)32(37)33-27-11-6-4-7-12-27)31(36)23-35(28-13-10-14-29(21-28)40-3)41(38,39)30-15-8-5-9-16-30/h5,8-10,13-21,25,27H,4,6-7,11-12,22-23H2,1-3H3,(H,33,37)/t25-/m1/s1. The number of methoxy groups -OCH3 is 1. The van der Waals surface area contributed by atoms with Crippen LogP contribution in [0, 0.1) is 6.92 Å². The highest BCUT2D eigenvalue weighted by Gasteiger charge is 2.33. The maximum absolute atomic E-state index is 14.1. The average Bonchev–Trinajstić information content (AvgIpc) is 3.00. The first-order valence-electron chi connectivity index (χ1n) is 14.1. The first kappa shape index (κ1) is 30.1. The van der Waals surface area contributed by atoms with Crippen LogP contribution in [0.4, 0.5) is 5.69 Å². The van der Waals surface area contributed by atoms with Gasteiger partial charge in [-0.2, -0.15) is 0 Å². The normalized spacial score (nSPS) is 14.6. The summed E-state index contributed by atoms with van der Waals surface area (Å²) in [6.45, 7) is 3.35. The molecule has 9 heteroatoms. The van der Waals surface area contributed by atoms with Gasteiger partial charge < -0.3 is 15.0 Å². The second-order valence-corrected chi connectivity index (χ2v) is 12.4. The quantitative estimate of drug-likeness (QED) is 0.344. The monoisotopic (exact) mass is 577 g/mol. The lowest BCUT2D eigenvalue weighted by atomic mass is 9.95. The minimum atomic E-state index is -4.13. The number of ether oxygens (including phenoxy) is 1. The van der Waals surface area contributed by atoms with Gasteiger partial charge in [0.05, 0.1) is 17.7 Å². The van der Waals surface area contributed by atoms with Crippen LogP contribution in [0.1, 0.15) is 50.2 Å². The van der Waals surface area contributed by atoms with Crippen molar-refractivity contribution in [3.05, 3.63) is 90.0 Å². The lowest BCUT2D eigenvalue weighted by Gasteiger charge is -2.33. The number of nitrogens with one attached hydrogen (secondary N) is 1. The van der Waals surface area contributed by atoms with Crippen molar-refractivity contribution in [1.29, 1.82) is 0 Å². The average molecular weight is 578 g/mol. The molecule has 1 aliphatic carbocycles. The fourth-order valence-corrected chi connectivity index (χ4v) is 6.48. The number of nitrogens with zero attached hydrogens (tertiary/aromatic N) is 2. The SMILES string of the molecule is COc1cccc(N(CC(=O)N(Cc2ccc(C)cc2)[C@H](C)C(=O)NC2CCCCC2)S(=O)(=O)c2ccccc2)c1. The van der Waals surface area contributed by atoms with Gasteiger partial charge in [0, 0.05) is 18.7 Å². The molecule has 41 heavy (non-hydrogen) atoms. The predicted octanol–water partition coefficient (Wildman–Crippen LogP) is 5.07. The topological polar surface area (TPSA) is 96.0 Å². The molecule has 1 fully saturated rings. The fraction of sp³-hybridized carbons (Fsp3) is 0.375. The Balaban J connectivity index is 1.67. The van der Waals surface area contributed by atoms with Crippen LogP contribution in [-0.2, 0) is 26.2 Å². The molecule has 0 radical (unpaired) electrons. The van der Waals surface area contributed by atoms with E-state index < -0.39 is 28.5 Å². The summed E-state index contributed by atoms with van der Waals surface area (Å²) >= 11 is 0. The number of sulfonamides is 1. The van der Waals surface area contributed by atoms with E-state index in [4.69, 9.17) is 4.74 Å². The Morgan fingerprint density at radius 2 is 1.63 bits per heavy atom. The van der Waals surface area contributed by atoms with E-state index in [1.807, 2.05) is 31.2 Å². The summed E-state index contributed by atoms with van der Waals surface area (Å²) in [7, 11) is -2.63. The van der Waals surface area contributed by atoms with Gasteiger partial charge in [0.2, 0.25) is 11.8 Å². The Bertz CT molecular complexity index is 1420. The van der Waals surface area contributed by atoms with Crippen LogP contribution < -0.4 is 14.4 Å². The largest absolute Gasteiger partial charge is 0.497 e. The maximum Gasteiger partial charge on any atom is 0.264 e. The fourth-order valence-electron chi connectivity index (χ4n) is 5.06. The van der Waals surface area contributed by atoms with E-state index in [1.165, 1.54) is 24.1 Å². The molecular formula is C32H39N3O5S. The van der Waals surface area contributed by atoms with Gasteiger partial charge in [-0.25, -0.2) is 8.42 Å². The zero-order valence-electron chi connectivity index (χ0n) is 24.0. The Morgan fingerprint density at radius 1 is 0.951 bits per heavy atom. The van der Waals surface area contributed by atoms with Crippen molar-refractivity contribution in [2.75, 3.05) is 18.0 Å². The van der Waals surface area contributed by atoms with Crippen molar-refractivity contribution in [3.63, 3.8) is 0 Å². The summed E-state index contributed by atoms with van der Waals surface area (Å²) in [6.07, 6.45) is 5.14. The smallest absolute Gasteiger partial charge is 0.264 e. The van der Waals surface area contributed by atoms with Crippen molar-refractivity contribution >= 4 is 27.5 Å². The number of carbonyl (C=O) groups excluding carboxylic acids is 2. The molecule has 0 unspecified atom stereocenters. The highest BCUT2D eigenvalue weighted by molar-refractivity contribution is 7.92. The summed E-state index contributed by atoms with van der Waals surface area (Å²) in [5, 5.41) is 3.12. The number of amides is 2. The molecule has 1 N–H and O–H groups in total. The van der Waals surface area contributed by atoms with Gasteiger partial charge in [0.1, 0.15) is 18.3 Å². The summed E-state index contributed by atoms with van der Waals surface area (Å²) < 4.78 is 34.2. The van der Waals surface area contributed by atoms with Crippen LogP contribution in [0.5, 0.6) is 5.75 Å². The molecule has 3 aromatic carbocycles. The van der Waals surface area contributed by atoms with Gasteiger partial charge in [-0.05, 0) is 56.5 Å². The number of carbonyl (C=O) groups is 2. The molecule has 0 aromatic heterocycles. The molecule has 218 valence electrons. The molecule has 0 heterocycles. The highest BCUT2D eigenvalue weighted by Crippen LogP contribution is 2.28. The van der Waals surface area contributed by atoms with E-state index in [9.17, 15) is 18.0 Å². The first-order valence-corrected chi connectivity index (χ1v) is 15.5. The third-order valence-electron chi connectivity index (χ3n) is 7.54. The Hall–Kier alpha value is -3.85. The zero-order valence-corrected chi connectivity index (χ0v) is 24.8. The Labute approximate surface area is 243 Å². The van der Waals surface area contributed by atoms with Gasteiger partial charge in [0.15, 0.2) is 0 Å². The third-order valence-corrected chi connectivity index (χ3v) is 9.33. The van der Waals surface area contributed by atoms with Crippen molar-refractivity contribution < 1.29 is 22.7 Å². The van der Waals surface area contributed by atoms with Crippen LogP contribution in [0.25, 0.3) is 0 Å². The van der Waals surface area contributed by atoms with E-state index in [2.05, 4.69) is 5.32 Å². The molecule has 3 aromatic rings. The number of anilines is 1. The second kappa shape index (κ2) is 13.7. The van der Waals surface area contributed by atoms with Crippen LogP contribution in [-0.4, -0.2) is 50.9 Å². The van der Waals surface area contributed by atoms with Crippen LogP contribution in [0.2, 0.25) is 0 Å². The summed E-state index contributed by atoms with van der Waals surface area (Å²) in [5.41, 5.74) is 2.21. The molecule has 2 amide bonds. The van der Waals surface area contributed by atoms with E-state index in [0.29, 0.717) is 5.75 Å². The van der Waals surface area contributed by atoms with Crippen LogP contribution >= 0.6 is 0 Å². The van der Waals surface area contributed by atoms with Crippen molar-refractivity contribution in [2.45, 2.75) is 69.5 Å². The molecule has 0 spiro atoms. The molecule has 0 aliphatic heterocycles. The lowest BCUT2D eigenvalue weighted by molar-refractivity contribution is -0.139. The van der Waals surface area contributed by atoms with E-state index in [-0.39, 0.29) is 29.1 Å². The minimum absolute atomic E-state index is 0.0591. The minimum Gasteiger partial charge on any atom is -0.497 e. The van der Waals surface area contributed by atoms with Gasteiger partial charge in [0.25, 0.3) is 10.0 Å². The Morgan fingerprint density at radius 3 is 2.29 bits per heavy atom. The predicted molar refractivity (Wildman–Crippen MR) is 160 cm³/mol. The van der Waals surface area contributed by atoms with Gasteiger partial charge in [-0.15, -0.1) is 0 Å². The van der Waals surface area contributed by atoms with Crippen molar-refractivity contribution in [2.24, 2.45) is 0 Å². The summed E-state index contributed by atoms with van der Waals surface area (Å²) in [6, 6.07) is 21.6. The summed E-state index contributed by atoms with van der Waals surface area (Å²) in [5.74, 6) is -0.268. The molecule has 0 bridgehead atoms. The lowest BCUT2D eigenvalue weighted by Crippen LogP contribution is -2.53. The molecule has 1 atom stereocenters. The number of benzene rings is 3. The number of hydrogen-bond acceptors (Lipinski definition) is 5. The van der Waals surface area contributed by atoms with Crippen molar-refractivity contribution in [1.82, 2.24) is 10.2 Å². The Kier molecular flexibility index (Phi) is 10.0. The number of hydrogen-bond donors (Lipinski definition) is 1. The van der Waals surface area contributed by atoms with E-state index >= 15 is 0 Å². The van der Waals surface area contributed by atoms with Crippen LogP contribution in [0.3, 0.4) is 0 Å². The summed E-state index contributed by atoms with van der Waals surface area (Å²) in [4.78, 5) is 29.0. The van der Waals surface area contributed by atoms with Gasteiger partial charge >= 0.3 is 0 Å². The second-order valence-electron chi connectivity index (χ2n) is 10.6. The molecular weight excluding hydrogens is 538 g/mol. The van der Waals surface area contributed by atoms with Gasteiger partial charge in [-0.3, -0.25) is 13.9 Å². The number of rotatable bonds is 11. The molecule has 1 aliphatic rings. The van der Waals surface area contributed by atoms with E-state index in [1.54, 1.807) is 49.4 Å². The molecule has 0 saturated heterocycles. The first-order chi connectivity index (χ1) is 19.7. The third kappa shape index (κ3) is 7.67. The molecule has 1 saturated carbocycles. The van der Waals surface area contributed by atoms with Crippen molar-refractivity contribution in [3.8, 4) is 5.75 Å². The van der Waals surface area contributed by atoms with Gasteiger partial charge in [-0.1, -0.05) is 73.4 Å². The van der Waals surface area contributed by atoms with Crippen LogP contribution in [0.15, 0.2) is 83.8 Å². The maximum atomic E-state index is 14.1. The molecule has 8 nitrogen and oxygen atoms in total. The van der Waals surface area contributed by atoms with E-state index in [0.717, 1.165) is 47.5 Å². The zero-order chi connectivity index (χ0) is 29.4.